The monoisotopic (exact) mass is 369 g/mol. The van der Waals surface area contributed by atoms with Crippen LogP contribution in [0.3, 0.4) is 0 Å². The number of fused-ring (bicyclic) bond motifs is 2. The summed E-state index contributed by atoms with van der Waals surface area (Å²) in [7, 11) is 1.63. The summed E-state index contributed by atoms with van der Waals surface area (Å²) in [4.78, 5) is 26.8. The third-order valence-corrected chi connectivity index (χ3v) is 4.93. The van der Waals surface area contributed by atoms with Crippen molar-refractivity contribution in [1.82, 2.24) is 4.90 Å². The van der Waals surface area contributed by atoms with E-state index in [1.54, 1.807) is 30.2 Å². The van der Waals surface area contributed by atoms with E-state index in [9.17, 15) is 9.59 Å². The molecule has 5 nitrogen and oxygen atoms in total. The van der Waals surface area contributed by atoms with Crippen molar-refractivity contribution in [2.45, 2.75) is 13.0 Å². The first-order valence-electron chi connectivity index (χ1n) is 8.24. The van der Waals surface area contributed by atoms with Crippen LogP contribution in [-0.4, -0.2) is 24.5 Å². The minimum absolute atomic E-state index is 0.00700. The van der Waals surface area contributed by atoms with Crippen LogP contribution in [0.1, 0.15) is 21.7 Å². The number of hydrogen-bond acceptors (Lipinski definition) is 4. The molecule has 0 fully saturated rings. The molecule has 26 heavy (non-hydrogen) atoms. The summed E-state index contributed by atoms with van der Waals surface area (Å²) in [6.45, 7) is 1.01. The first-order chi connectivity index (χ1) is 12.6. The Morgan fingerprint density at radius 2 is 2.04 bits per heavy atom. The zero-order chi connectivity index (χ0) is 18.3. The van der Waals surface area contributed by atoms with E-state index in [2.05, 4.69) is 0 Å². The van der Waals surface area contributed by atoms with Gasteiger partial charge < -0.3 is 14.1 Å². The van der Waals surface area contributed by atoms with E-state index in [4.69, 9.17) is 20.8 Å². The molecule has 0 saturated carbocycles. The largest absolute Gasteiger partial charge is 0.497 e. The number of amides is 1. The van der Waals surface area contributed by atoms with Gasteiger partial charge in [0.25, 0.3) is 5.91 Å². The predicted molar refractivity (Wildman–Crippen MR) is 98.9 cm³/mol. The fraction of sp³-hybridized carbons (Fsp3) is 0.200. The number of rotatable bonds is 2. The highest BCUT2D eigenvalue weighted by molar-refractivity contribution is 6.34. The maximum atomic E-state index is 12.9. The summed E-state index contributed by atoms with van der Waals surface area (Å²) in [5.41, 5.74) is 2.19. The summed E-state index contributed by atoms with van der Waals surface area (Å²) in [6, 6.07) is 12.0. The molecule has 0 aliphatic carbocycles. The lowest BCUT2D eigenvalue weighted by Crippen LogP contribution is -2.36. The van der Waals surface area contributed by atoms with Crippen LogP contribution in [0.2, 0.25) is 5.02 Å². The van der Waals surface area contributed by atoms with Gasteiger partial charge in [-0.2, -0.15) is 0 Å². The van der Waals surface area contributed by atoms with Crippen LogP contribution in [0.15, 0.2) is 51.7 Å². The molecule has 0 spiro atoms. The lowest BCUT2D eigenvalue weighted by Gasteiger charge is -2.28. The molecule has 2 heterocycles. The number of halogens is 1. The molecule has 1 aromatic heterocycles. The zero-order valence-corrected chi connectivity index (χ0v) is 14.9. The van der Waals surface area contributed by atoms with Gasteiger partial charge in [-0.15, -0.1) is 0 Å². The molecular formula is C20H16ClNO4. The highest BCUT2D eigenvalue weighted by Crippen LogP contribution is 2.26. The lowest BCUT2D eigenvalue weighted by atomic mass is 9.99. The summed E-state index contributed by atoms with van der Waals surface area (Å²) in [5.74, 6) is 0.497. The molecule has 0 bridgehead atoms. The second-order valence-corrected chi connectivity index (χ2v) is 6.61. The van der Waals surface area contributed by atoms with E-state index in [-0.39, 0.29) is 22.7 Å². The fourth-order valence-electron chi connectivity index (χ4n) is 3.23. The summed E-state index contributed by atoms with van der Waals surface area (Å²) in [5, 5.41) is 0.676. The molecule has 3 aromatic rings. The van der Waals surface area contributed by atoms with Crippen LogP contribution < -0.4 is 10.2 Å². The van der Waals surface area contributed by atoms with Crippen molar-refractivity contribution in [3.05, 3.63) is 74.6 Å². The Morgan fingerprint density at radius 3 is 2.85 bits per heavy atom. The first kappa shape index (κ1) is 16.7. The Balaban J connectivity index is 1.67. The lowest BCUT2D eigenvalue weighted by molar-refractivity contribution is 0.0703. The van der Waals surface area contributed by atoms with E-state index in [0.29, 0.717) is 23.5 Å². The standard InChI is InChI=1S/C20H16ClNO4/c1-25-14-6-5-13-11-22(8-7-12(13)9-14)20(24)18-10-17(23)15-3-2-4-16(21)19(15)26-18/h2-6,9-10H,7-8,11H2,1H3. The number of carbonyl (C=O) groups is 1. The predicted octanol–water partition coefficient (Wildman–Crippen LogP) is 3.65. The van der Waals surface area contributed by atoms with Gasteiger partial charge >= 0.3 is 0 Å². The molecule has 132 valence electrons. The zero-order valence-electron chi connectivity index (χ0n) is 14.1. The third kappa shape index (κ3) is 2.84. The van der Waals surface area contributed by atoms with E-state index in [1.165, 1.54) is 6.07 Å². The summed E-state index contributed by atoms with van der Waals surface area (Å²) < 4.78 is 10.9. The van der Waals surface area contributed by atoms with Gasteiger partial charge in [0, 0.05) is 19.2 Å². The van der Waals surface area contributed by atoms with Gasteiger partial charge in [0.05, 0.1) is 17.5 Å². The highest BCUT2D eigenvalue weighted by atomic mass is 35.5. The minimum atomic E-state index is -0.314. The Hall–Kier alpha value is -2.79. The molecule has 0 atom stereocenters. The van der Waals surface area contributed by atoms with Crippen molar-refractivity contribution in [2.24, 2.45) is 0 Å². The van der Waals surface area contributed by atoms with Crippen LogP contribution >= 0.6 is 11.6 Å². The Bertz CT molecular complexity index is 1070. The van der Waals surface area contributed by atoms with E-state index in [0.717, 1.165) is 23.3 Å². The number of hydrogen-bond donors (Lipinski definition) is 0. The van der Waals surface area contributed by atoms with E-state index < -0.39 is 0 Å². The molecule has 1 aliphatic rings. The number of methoxy groups -OCH3 is 1. The SMILES string of the molecule is COc1ccc2c(c1)CCN(C(=O)c1cc(=O)c3cccc(Cl)c3o1)C2. The van der Waals surface area contributed by atoms with Gasteiger partial charge in [-0.05, 0) is 41.8 Å². The minimum Gasteiger partial charge on any atom is -0.497 e. The van der Waals surface area contributed by atoms with Crippen molar-refractivity contribution in [2.75, 3.05) is 13.7 Å². The summed E-state index contributed by atoms with van der Waals surface area (Å²) in [6.07, 6.45) is 0.719. The molecule has 0 saturated heterocycles. The van der Waals surface area contributed by atoms with Gasteiger partial charge in [-0.3, -0.25) is 9.59 Å². The fourth-order valence-corrected chi connectivity index (χ4v) is 3.45. The van der Waals surface area contributed by atoms with Gasteiger partial charge in [0.15, 0.2) is 16.8 Å². The van der Waals surface area contributed by atoms with Crippen molar-refractivity contribution in [3.8, 4) is 5.75 Å². The average molecular weight is 370 g/mol. The average Bonchev–Trinajstić information content (AvgIpc) is 2.67. The highest BCUT2D eigenvalue weighted by Gasteiger charge is 2.24. The Morgan fingerprint density at radius 1 is 1.19 bits per heavy atom. The molecule has 1 aliphatic heterocycles. The van der Waals surface area contributed by atoms with Crippen molar-refractivity contribution in [3.63, 3.8) is 0 Å². The van der Waals surface area contributed by atoms with Crippen LogP contribution in [0.4, 0.5) is 0 Å². The van der Waals surface area contributed by atoms with Crippen molar-refractivity contribution in [1.29, 1.82) is 0 Å². The smallest absolute Gasteiger partial charge is 0.290 e. The molecule has 2 aromatic carbocycles. The van der Waals surface area contributed by atoms with Crippen LogP contribution in [-0.2, 0) is 13.0 Å². The van der Waals surface area contributed by atoms with E-state index in [1.807, 2.05) is 18.2 Å². The second-order valence-electron chi connectivity index (χ2n) is 6.20. The molecular weight excluding hydrogens is 354 g/mol. The number of carbonyl (C=O) groups excluding carboxylic acids is 1. The quantitative estimate of drug-likeness (QED) is 0.691. The number of nitrogens with zero attached hydrogens (tertiary/aromatic N) is 1. The summed E-state index contributed by atoms with van der Waals surface area (Å²) >= 11 is 6.12. The molecule has 6 heteroatoms. The Kier molecular flexibility index (Phi) is 4.17. The van der Waals surface area contributed by atoms with Gasteiger partial charge in [-0.25, -0.2) is 0 Å². The van der Waals surface area contributed by atoms with Crippen LogP contribution in [0.5, 0.6) is 5.75 Å². The normalized spacial score (nSPS) is 13.5. The van der Waals surface area contributed by atoms with Crippen molar-refractivity contribution >= 4 is 28.5 Å². The molecule has 1 amide bonds. The van der Waals surface area contributed by atoms with Crippen LogP contribution in [0.25, 0.3) is 11.0 Å². The topological polar surface area (TPSA) is 59.8 Å². The Labute approximate surface area is 154 Å². The molecule has 0 radical (unpaired) electrons. The second kappa shape index (κ2) is 6.50. The number of ether oxygens (including phenoxy) is 1. The third-order valence-electron chi connectivity index (χ3n) is 4.63. The van der Waals surface area contributed by atoms with Gasteiger partial charge in [0.1, 0.15) is 5.75 Å². The maximum absolute atomic E-state index is 12.9. The van der Waals surface area contributed by atoms with Crippen LogP contribution in [0, 0.1) is 0 Å². The van der Waals surface area contributed by atoms with E-state index >= 15 is 0 Å². The van der Waals surface area contributed by atoms with Gasteiger partial charge in [0.2, 0.25) is 0 Å². The van der Waals surface area contributed by atoms with Crippen molar-refractivity contribution < 1.29 is 13.9 Å². The maximum Gasteiger partial charge on any atom is 0.290 e. The molecule has 0 N–H and O–H groups in total. The van der Waals surface area contributed by atoms with Gasteiger partial charge in [-0.1, -0.05) is 23.7 Å². The molecule has 4 rings (SSSR count). The first-order valence-corrected chi connectivity index (χ1v) is 8.62. The number of para-hydroxylation sites is 1. The molecule has 0 unspecified atom stereocenters. The number of benzene rings is 2.